The number of carbonyl (C=O) groups excluding carboxylic acids is 5. The largest absolute Gasteiger partial charge is 0.489 e. The standard InChI is InChI=1S/C38H50N8O13S2/c1-20-27(31(48)46(20)61(52,53)54)42-30(47)28(25-19-60-33(41-25)43-34(50)57-37(5,6)7)44-59-26(32(49)56-36(2,3)4)18-55-23-11-12-24-21(15-23)13-14-39-29(24)40-22-16-45(17-22)35(51)58-38(8,9)10/h11-15,19-20,22,26-27H,16-18H2,1-10H3,(H,39,40)(H,42,47)(H,41,43,50)(H,52,53,54)/b44-28-/t20-,26?,27-/m0/s1. The van der Waals surface area contributed by atoms with E-state index in [4.69, 9.17) is 23.8 Å². The molecule has 0 aliphatic carbocycles. The number of rotatable bonds is 13. The predicted molar refractivity (Wildman–Crippen MR) is 221 cm³/mol. The molecule has 1 unspecified atom stereocenters. The van der Waals surface area contributed by atoms with E-state index in [1.807, 2.05) is 0 Å². The summed E-state index contributed by atoms with van der Waals surface area (Å²) >= 11 is 0.888. The highest BCUT2D eigenvalue weighted by atomic mass is 32.2. The second kappa shape index (κ2) is 17.7. The van der Waals surface area contributed by atoms with Crippen molar-refractivity contribution in [3.05, 3.63) is 41.5 Å². The van der Waals surface area contributed by atoms with E-state index in [1.54, 1.807) is 97.7 Å². The van der Waals surface area contributed by atoms with Crippen molar-refractivity contribution < 1.29 is 60.7 Å². The molecule has 332 valence electrons. The smallest absolute Gasteiger partial charge is 0.413 e. The first-order chi connectivity index (χ1) is 28.2. The summed E-state index contributed by atoms with van der Waals surface area (Å²) < 4.78 is 55.2. The number of nitrogens with zero attached hydrogens (tertiary/aromatic N) is 5. The Morgan fingerprint density at radius 1 is 0.984 bits per heavy atom. The third kappa shape index (κ3) is 12.4. The van der Waals surface area contributed by atoms with E-state index in [0.29, 0.717) is 24.7 Å². The van der Waals surface area contributed by atoms with E-state index in [-0.39, 0.29) is 21.2 Å². The van der Waals surface area contributed by atoms with E-state index in [9.17, 15) is 36.9 Å². The van der Waals surface area contributed by atoms with Gasteiger partial charge < -0.3 is 39.3 Å². The van der Waals surface area contributed by atoms with Gasteiger partial charge in [0.05, 0.1) is 12.1 Å². The predicted octanol–water partition coefficient (Wildman–Crippen LogP) is 4.10. The van der Waals surface area contributed by atoms with Gasteiger partial charge in [-0.25, -0.2) is 28.7 Å². The van der Waals surface area contributed by atoms with Crippen molar-refractivity contribution in [2.45, 2.75) is 110 Å². The molecule has 2 fully saturated rings. The number of hydrogen-bond acceptors (Lipinski definition) is 17. The molecule has 3 atom stereocenters. The van der Waals surface area contributed by atoms with Crippen LogP contribution in [-0.2, 0) is 43.7 Å². The summed E-state index contributed by atoms with van der Waals surface area (Å²) in [4.78, 5) is 80.5. The number of β-lactam (4-membered cyclic amide) rings is 1. The maximum atomic E-state index is 13.7. The molecule has 61 heavy (non-hydrogen) atoms. The second-order valence-electron chi connectivity index (χ2n) is 17.1. The Hall–Kier alpha value is -5.81. The second-order valence-corrected chi connectivity index (χ2v) is 19.3. The number of ether oxygens (including phenoxy) is 4. The number of likely N-dealkylation sites (tertiary alicyclic amines) is 1. The summed E-state index contributed by atoms with van der Waals surface area (Å²) in [5.41, 5.74) is -3.17. The van der Waals surface area contributed by atoms with E-state index >= 15 is 0 Å². The van der Waals surface area contributed by atoms with E-state index < -0.39 is 87.6 Å². The van der Waals surface area contributed by atoms with Gasteiger partial charge in [-0.1, -0.05) is 5.16 Å². The zero-order chi connectivity index (χ0) is 45.2. The molecule has 23 heteroatoms. The number of aromatic nitrogens is 2. The Balaban J connectivity index is 1.35. The average molecular weight is 891 g/mol. The van der Waals surface area contributed by atoms with Gasteiger partial charge >= 0.3 is 28.5 Å². The first-order valence-corrected chi connectivity index (χ1v) is 21.3. The number of carbonyl (C=O) groups is 5. The van der Waals surface area contributed by atoms with Crippen LogP contribution in [-0.4, -0.2) is 129 Å². The summed E-state index contributed by atoms with van der Waals surface area (Å²) in [6.07, 6.45) is -1.21. The van der Waals surface area contributed by atoms with Crippen molar-refractivity contribution in [2.24, 2.45) is 5.16 Å². The van der Waals surface area contributed by atoms with Gasteiger partial charge in [-0.15, -0.1) is 11.3 Å². The zero-order valence-electron chi connectivity index (χ0n) is 35.3. The third-order valence-electron chi connectivity index (χ3n) is 8.39. The minimum atomic E-state index is -4.90. The highest BCUT2D eigenvalue weighted by Gasteiger charge is 2.52. The number of pyridine rings is 1. The maximum absolute atomic E-state index is 13.7. The minimum Gasteiger partial charge on any atom is -0.489 e. The molecule has 4 amide bonds. The summed E-state index contributed by atoms with van der Waals surface area (Å²) in [5.74, 6) is -2.20. The molecule has 4 heterocycles. The summed E-state index contributed by atoms with van der Waals surface area (Å²) in [7, 11) is -4.90. The van der Waals surface area contributed by atoms with Crippen molar-refractivity contribution >= 4 is 79.0 Å². The third-order valence-corrected chi connectivity index (χ3v) is 10.2. The van der Waals surface area contributed by atoms with Crippen LogP contribution < -0.4 is 20.7 Å². The molecule has 5 rings (SSSR count). The number of esters is 1. The Bertz CT molecular complexity index is 2310. The van der Waals surface area contributed by atoms with E-state index in [1.165, 1.54) is 12.3 Å². The fraction of sp³-hybridized carbons (Fsp3) is 0.526. The zero-order valence-corrected chi connectivity index (χ0v) is 36.9. The van der Waals surface area contributed by atoms with Gasteiger partial charge in [-0.2, -0.15) is 8.42 Å². The summed E-state index contributed by atoms with van der Waals surface area (Å²) in [5, 5.41) is 14.9. The van der Waals surface area contributed by atoms with E-state index in [2.05, 4.69) is 31.1 Å². The SMILES string of the molecule is C[C@H]1[C@H](NC(=O)/C(=N\OC(COc2ccc3c(NC4CN(C(=O)OC(C)(C)C)C4)nccc3c2)C(=O)OC(C)(C)C)c2csc(NC(=O)OC(C)(C)C)n2)C(=O)N1S(=O)(=O)O. The molecular weight excluding hydrogens is 841 g/mol. The minimum absolute atomic E-state index is 0.0114. The van der Waals surface area contributed by atoms with Crippen LogP contribution in [0.15, 0.2) is 41.0 Å². The van der Waals surface area contributed by atoms with Gasteiger partial charge in [0.2, 0.25) is 0 Å². The van der Waals surface area contributed by atoms with Gasteiger partial charge in [0.1, 0.15) is 46.7 Å². The number of anilines is 2. The molecule has 21 nitrogen and oxygen atoms in total. The van der Waals surface area contributed by atoms with Gasteiger partial charge in [0.15, 0.2) is 10.8 Å². The maximum Gasteiger partial charge on any atom is 0.413 e. The molecule has 2 aliphatic heterocycles. The first kappa shape index (κ1) is 46.3. The van der Waals surface area contributed by atoms with Crippen LogP contribution in [0.1, 0.15) is 74.9 Å². The monoisotopic (exact) mass is 890 g/mol. The van der Waals surface area contributed by atoms with Crippen molar-refractivity contribution in [1.82, 2.24) is 24.5 Å². The molecule has 1 aromatic carbocycles. The number of hydrogen-bond donors (Lipinski definition) is 4. The summed E-state index contributed by atoms with van der Waals surface area (Å²) in [6.45, 7) is 17.0. The normalized spacial score (nSPS) is 18.0. The van der Waals surface area contributed by atoms with E-state index in [0.717, 1.165) is 22.1 Å². The Morgan fingerprint density at radius 2 is 1.64 bits per heavy atom. The first-order valence-electron chi connectivity index (χ1n) is 19.0. The molecular formula is C38H50N8O13S2. The molecule has 0 saturated carbocycles. The van der Waals surface area contributed by atoms with Crippen LogP contribution in [0.5, 0.6) is 5.75 Å². The van der Waals surface area contributed by atoms with Crippen molar-refractivity contribution in [3.63, 3.8) is 0 Å². The molecule has 4 N–H and O–H groups in total. The fourth-order valence-corrected chi connectivity index (χ4v) is 7.31. The molecule has 0 bridgehead atoms. The molecule has 3 aromatic rings. The van der Waals surface area contributed by atoms with Crippen LogP contribution in [0.3, 0.4) is 0 Å². The Kier molecular flexibility index (Phi) is 13.4. The number of nitrogens with one attached hydrogen (secondary N) is 3. The highest BCUT2D eigenvalue weighted by molar-refractivity contribution is 7.84. The lowest BCUT2D eigenvalue weighted by atomic mass is 10.0. The number of oxime groups is 1. The molecule has 0 radical (unpaired) electrons. The average Bonchev–Trinajstić information content (AvgIpc) is 3.54. The van der Waals surface area contributed by atoms with Gasteiger partial charge in [0.25, 0.3) is 17.9 Å². The molecule has 0 spiro atoms. The van der Waals surface area contributed by atoms with Crippen molar-refractivity contribution in [3.8, 4) is 5.75 Å². The lowest BCUT2D eigenvalue weighted by Crippen LogP contribution is -2.71. The fourth-order valence-electron chi connectivity index (χ4n) is 5.75. The lowest BCUT2D eigenvalue weighted by Gasteiger charge is -2.42. The molecule has 2 aliphatic rings. The number of thiazole rings is 1. The number of fused-ring (bicyclic) bond motifs is 1. The van der Waals surface area contributed by atoms with Crippen molar-refractivity contribution in [1.29, 1.82) is 0 Å². The number of benzene rings is 1. The van der Waals surface area contributed by atoms with Crippen LogP contribution in [0.2, 0.25) is 0 Å². The van der Waals surface area contributed by atoms with Gasteiger partial charge in [-0.3, -0.25) is 19.5 Å². The van der Waals surface area contributed by atoms with Crippen molar-refractivity contribution in [2.75, 3.05) is 30.3 Å². The van der Waals surface area contributed by atoms with Crippen LogP contribution in [0, 0.1) is 0 Å². The quantitative estimate of drug-likeness (QED) is 0.0470. The summed E-state index contributed by atoms with van der Waals surface area (Å²) in [6, 6.07) is 4.27. The Morgan fingerprint density at radius 3 is 2.25 bits per heavy atom. The van der Waals surface area contributed by atoms with Gasteiger partial charge in [0, 0.05) is 30.1 Å². The topological polar surface area (TPSA) is 267 Å². The van der Waals surface area contributed by atoms with Crippen LogP contribution in [0.25, 0.3) is 10.8 Å². The van der Waals surface area contributed by atoms with Crippen LogP contribution in [0.4, 0.5) is 20.5 Å². The lowest BCUT2D eigenvalue weighted by molar-refractivity contribution is -0.170. The van der Waals surface area contributed by atoms with Crippen LogP contribution >= 0.6 is 11.3 Å². The number of amides is 4. The highest BCUT2D eigenvalue weighted by Crippen LogP contribution is 2.29. The molecule has 2 aromatic heterocycles. The molecule has 2 saturated heterocycles. The van der Waals surface area contributed by atoms with Gasteiger partial charge in [-0.05, 0) is 98.9 Å². The Labute approximate surface area is 356 Å².